The molecule has 0 atom stereocenters. The molecular formula is C30H31N3O2. The summed E-state index contributed by atoms with van der Waals surface area (Å²) in [6, 6.07) is 30.7. The summed E-state index contributed by atoms with van der Waals surface area (Å²) in [6.07, 6.45) is 0. The number of carbonyl (C=O) groups excluding carboxylic acids is 1. The topological polar surface area (TPSA) is 44.8 Å². The Hall–Kier alpha value is -3.83. The van der Waals surface area contributed by atoms with Gasteiger partial charge in [-0.15, -0.1) is 0 Å². The number of benzene rings is 4. The van der Waals surface area contributed by atoms with Crippen LogP contribution < -0.4 is 15.0 Å². The average Bonchev–Trinajstić information content (AvgIpc) is 2.92. The first kappa shape index (κ1) is 22.9. The molecule has 0 aromatic heterocycles. The number of amides is 1. The largest absolute Gasteiger partial charge is 0.495 e. The molecule has 0 radical (unpaired) electrons. The summed E-state index contributed by atoms with van der Waals surface area (Å²) in [6.45, 7) is 5.37. The summed E-state index contributed by atoms with van der Waals surface area (Å²) in [5, 5.41) is 5.29. The van der Waals surface area contributed by atoms with Gasteiger partial charge in [0, 0.05) is 44.8 Å². The lowest BCUT2D eigenvalue weighted by Crippen LogP contribution is -2.46. The first-order valence-electron chi connectivity index (χ1n) is 12.1. The predicted molar refractivity (Wildman–Crippen MR) is 142 cm³/mol. The van der Waals surface area contributed by atoms with Crippen molar-refractivity contribution in [2.75, 3.05) is 38.2 Å². The van der Waals surface area contributed by atoms with E-state index in [0.29, 0.717) is 12.1 Å². The number of carbonyl (C=O) groups is 1. The van der Waals surface area contributed by atoms with Crippen LogP contribution in [0.15, 0.2) is 91.0 Å². The standard InChI is InChI=1S/C30H31N3O2/c1-35-29-12-5-4-11-28(29)33-17-15-32(16-18-33)22-24-8-6-7-23(19-24)21-31-30(34)27-14-13-25-9-2-3-10-26(25)20-27/h2-14,19-20H,15-18,21-22H2,1H3,(H,31,34). The second-order valence-corrected chi connectivity index (χ2v) is 9.00. The first-order valence-corrected chi connectivity index (χ1v) is 12.1. The molecule has 35 heavy (non-hydrogen) atoms. The van der Waals surface area contributed by atoms with Gasteiger partial charge in [0.2, 0.25) is 0 Å². The van der Waals surface area contributed by atoms with Crippen molar-refractivity contribution < 1.29 is 9.53 Å². The average molecular weight is 466 g/mol. The van der Waals surface area contributed by atoms with Crippen LogP contribution in [-0.2, 0) is 13.1 Å². The van der Waals surface area contributed by atoms with Crippen molar-refractivity contribution in [1.82, 2.24) is 10.2 Å². The van der Waals surface area contributed by atoms with Gasteiger partial charge >= 0.3 is 0 Å². The number of anilines is 1. The van der Waals surface area contributed by atoms with E-state index in [0.717, 1.165) is 54.8 Å². The molecule has 1 amide bonds. The number of piperazine rings is 1. The van der Waals surface area contributed by atoms with Gasteiger partial charge in [0.15, 0.2) is 0 Å². The van der Waals surface area contributed by atoms with E-state index in [-0.39, 0.29) is 5.91 Å². The van der Waals surface area contributed by atoms with Crippen LogP contribution in [0, 0.1) is 0 Å². The molecule has 1 N–H and O–H groups in total. The number of ether oxygens (including phenoxy) is 1. The van der Waals surface area contributed by atoms with Crippen molar-refractivity contribution in [3.05, 3.63) is 108 Å². The number of methoxy groups -OCH3 is 1. The van der Waals surface area contributed by atoms with Crippen LogP contribution >= 0.6 is 0 Å². The molecule has 0 spiro atoms. The molecule has 5 heteroatoms. The SMILES string of the molecule is COc1ccccc1N1CCN(Cc2cccc(CNC(=O)c3ccc4ccccc4c3)c2)CC1. The Kier molecular flexibility index (Phi) is 6.96. The van der Waals surface area contributed by atoms with Gasteiger partial charge in [0.25, 0.3) is 5.91 Å². The molecule has 0 saturated carbocycles. The number of nitrogens with zero attached hydrogens (tertiary/aromatic N) is 2. The van der Waals surface area contributed by atoms with Gasteiger partial charge in [0.05, 0.1) is 12.8 Å². The fraction of sp³-hybridized carbons (Fsp3) is 0.233. The van der Waals surface area contributed by atoms with Gasteiger partial charge in [-0.25, -0.2) is 0 Å². The molecule has 4 aromatic rings. The Morgan fingerprint density at radius 1 is 0.800 bits per heavy atom. The first-order chi connectivity index (χ1) is 17.2. The minimum absolute atomic E-state index is 0.0476. The lowest BCUT2D eigenvalue weighted by atomic mass is 10.1. The molecule has 178 valence electrons. The van der Waals surface area contributed by atoms with E-state index in [1.165, 1.54) is 11.3 Å². The van der Waals surface area contributed by atoms with Gasteiger partial charge < -0.3 is 15.0 Å². The molecule has 0 unspecified atom stereocenters. The van der Waals surface area contributed by atoms with Gasteiger partial charge in [0.1, 0.15) is 5.75 Å². The van der Waals surface area contributed by atoms with Crippen LogP contribution in [0.1, 0.15) is 21.5 Å². The molecule has 1 aliphatic rings. The van der Waals surface area contributed by atoms with E-state index in [9.17, 15) is 4.79 Å². The molecule has 0 bridgehead atoms. The zero-order chi connectivity index (χ0) is 24.0. The Morgan fingerprint density at radius 2 is 1.54 bits per heavy atom. The molecule has 1 heterocycles. The van der Waals surface area contributed by atoms with E-state index >= 15 is 0 Å². The van der Waals surface area contributed by atoms with Gasteiger partial charge in [-0.2, -0.15) is 0 Å². The van der Waals surface area contributed by atoms with Crippen LogP contribution in [0.25, 0.3) is 10.8 Å². The fourth-order valence-corrected chi connectivity index (χ4v) is 4.75. The lowest BCUT2D eigenvalue weighted by Gasteiger charge is -2.36. The van der Waals surface area contributed by atoms with Crippen LogP contribution in [0.5, 0.6) is 5.75 Å². The smallest absolute Gasteiger partial charge is 0.251 e. The normalized spacial score (nSPS) is 14.1. The minimum Gasteiger partial charge on any atom is -0.495 e. The minimum atomic E-state index is -0.0476. The van der Waals surface area contributed by atoms with Gasteiger partial charge in [-0.3, -0.25) is 9.69 Å². The van der Waals surface area contributed by atoms with E-state index in [1.54, 1.807) is 7.11 Å². The van der Waals surface area contributed by atoms with E-state index in [4.69, 9.17) is 4.74 Å². The Morgan fingerprint density at radius 3 is 2.37 bits per heavy atom. The highest BCUT2D eigenvalue weighted by atomic mass is 16.5. The van der Waals surface area contributed by atoms with Crippen LogP contribution in [0.4, 0.5) is 5.69 Å². The summed E-state index contributed by atoms with van der Waals surface area (Å²) < 4.78 is 5.54. The van der Waals surface area contributed by atoms with Gasteiger partial charge in [-0.1, -0.05) is 66.7 Å². The summed E-state index contributed by atoms with van der Waals surface area (Å²) >= 11 is 0. The lowest BCUT2D eigenvalue weighted by molar-refractivity contribution is 0.0951. The van der Waals surface area contributed by atoms with Crippen molar-refractivity contribution in [3.63, 3.8) is 0 Å². The molecule has 1 saturated heterocycles. The Bertz CT molecular complexity index is 1310. The highest BCUT2D eigenvalue weighted by Gasteiger charge is 2.19. The maximum absolute atomic E-state index is 12.7. The molecule has 5 nitrogen and oxygen atoms in total. The molecular weight excluding hydrogens is 434 g/mol. The predicted octanol–water partition coefficient (Wildman–Crippen LogP) is 5.10. The number of hydrogen-bond acceptors (Lipinski definition) is 4. The highest BCUT2D eigenvalue weighted by Crippen LogP contribution is 2.28. The fourth-order valence-electron chi connectivity index (χ4n) is 4.75. The van der Waals surface area contributed by atoms with Crippen molar-refractivity contribution in [2.24, 2.45) is 0 Å². The van der Waals surface area contributed by atoms with Crippen LogP contribution in [0.2, 0.25) is 0 Å². The van der Waals surface area contributed by atoms with E-state index in [2.05, 4.69) is 57.6 Å². The maximum atomic E-state index is 12.7. The quantitative estimate of drug-likeness (QED) is 0.412. The van der Waals surface area contributed by atoms with E-state index < -0.39 is 0 Å². The second-order valence-electron chi connectivity index (χ2n) is 9.00. The summed E-state index contributed by atoms with van der Waals surface area (Å²) in [5.41, 5.74) is 4.24. The van der Waals surface area contributed by atoms with Crippen molar-refractivity contribution in [3.8, 4) is 5.75 Å². The monoisotopic (exact) mass is 465 g/mol. The zero-order valence-electron chi connectivity index (χ0n) is 20.1. The molecule has 0 aliphatic carbocycles. The Labute approximate surface area is 206 Å². The third-order valence-corrected chi connectivity index (χ3v) is 6.66. The third-order valence-electron chi connectivity index (χ3n) is 6.66. The molecule has 4 aromatic carbocycles. The number of hydrogen-bond donors (Lipinski definition) is 1. The third kappa shape index (κ3) is 5.47. The van der Waals surface area contributed by atoms with Crippen molar-refractivity contribution in [2.45, 2.75) is 13.1 Å². The zero-order valence-corrected chi connectivity index (χ0v) is 20.1. The summed E-state index contributed by atoms with van der Waals surface area (Å²) in [4.78, 5) is 17.6. The van der Waals surface area contributed by atoms with Crippen LogP contribution in [-0.4, -0.2) is 44.1 Å². The van der Waals surface area contributed by atoms with Crippen LogP contribution in [0.3, 0.4) is 0 Å². The second kappa shape index (κ2) is 10.6. The summed E-state index contributed by atoms with van der Waals surface area (Å²) in [7, 11) is 1.73. The molecule has 5 rings (SSSR count). The maximum Gasteiger partial charge on any atom is 0.251 e. The van der Waals surface area contributed by atoms with Crippen molar-refractivity contribution >= 4 is 22.4 Å². The van der Waals surface area contributed by atoms with Crippen molar-refractivity contribution in [1.29, 1.82) is 0 Å². The molecule has 1 fully saturated rings. The number of rotatable bonds is 7. The number of para-hydroxylation sites is 2. The van der Waals surface area contributed by atoms with E-state index in [1.807, 2.05) is 48.5 Å². The molecule has 1 aliphatic heterocycles. The Balaban J connectivity index is 1.15. The summed E-state index contributed by atoms with van der Waals surface area (Å²) in [5.74, 6) is 0.882. The number of nitrogens with one attached hydrogen (secondary N) is 1. The highest BCUT2D eigenvalue weighted by molar-refractivity contribution is 5.98. The number of fused-ring (bicyclic) bond motifs is 1. The van der Waals surface area contributed by atoms with Gasteiger partial charge in [-0.05, 0) is 46.2 Å².